The van der Waals surface area contributed by atoms with Crippen molar-refractivity contribution < 1.29 is 37.1 Å². The van der Waals surface area contributed by atoms with Gasteiger partial charge in [-0.1, -0.05) is 44.2 Å². The van der Waals surface area contributed by atoms with Gasteiger partial charge < -0.3 is 15.4 Å². The minimum atomic E-state index is -5.04. The maximum atomic E-state index is 12.8. The zero-order valence-electron chi connectivity index (χ0n) is 19.1. The van der Waals surface area contributed by atoms with Gasteiger partial charge in [-0.2, -0.15) is 13.2 Å². The van der Waals surface area contributed by atoms with Crippen molar-refractivity contribution in [3.05, 3.63) is 35.9 Å². The van der Waals surface area contributed by atoms with Gasteiger partial charge >= 0.3 is 12.3 Å². The van der Waals surface area contributed by atoms with Crippen molar-refractivity contribution in [2.24, 2.45) is 11.8 Å². The number of imide groups is 1. The fourth-order valence-electron chi connectivity index (χ4n) is 3.79. The highest BCUT2D eigenvalue weighted by Gasteiger charge is 2.46. The van der Waals surface area contributed by atoms with E-state index in [2.05, 4.69) is 16.0 Å². The van der Waals surface area contributed by atoms with E-state index in [1.807, 2.05) is 6.07 Å². The van der Waals surface area contributed by atoms with Crippen molar-refractivity contribution in [3.8, 4) is 0 Å². The number of alkyl carbamates (subject to hydrolysis) is 1. The molecule has 0 saturated carbocycles. The molecule has 0 radical (unpaired) electrons. The lowest BCUT2D eigenvalue weighted by Crippen LogP contribution is -2.54. The Bertz CT molecular complexity index is 861. The number of hydrogen-bond acceptors (Lipinski definition) is 6. The summed E-state index contributed by atoms with van der Waals surface area (Å²) in [6, 6.07) is 6.55. The number of ketones is 1. The van der Waals surface area contributed by atoms with E-state index in [1.54, 1.807) is 24.3 Å². The molecular weight excluding hydrogens is 455 g/mol. The third kappa shape index (κ3) is 8.44. The summed E-state index contributed by atoms with van der Waals surface area (Å²) in [4.78, 5) is 48.0. The molecule has 1 unspecified atom stereocenters. The molecule has 0 bridgehead atoms. The summed E-state index contributed by atoms with van der Waals surface area (Å²) in [7, 11) is 0. The molecule has 1 aromatic rings. The molecule has 34 heavy (non-hydrogen) atoms. The minimum absolute atomic E-state index is 0.0203. The van der Waals surface area contributed by atoms with Crippen molar-refractivity contribution in [1.82, 2.24) is 16.0 Å². The van der Waals surface area contributed by atoms with E-state index in [9.17, 15) is 32.3 Å². The van der Waals surface area contributed by atoms with Crippen LogP contribution in [0.25, 0.3) is 0 Å². The zero-order valence-corrected chi connectivity index (χ0v) is 19.1. The highest BCUT2D eigenvalue weighted by molar-refractivity contribution is 5.94. The first-order chi connectivity index (χ1) is 16.0. The maximum absolute atomic E-state index is 12.8. The van der Waals surface area contributed by atoms with Crippen LogP contribution in [0.1, 0.15) is 45.1 Å². The molecule has 1 fully saturated rings. The summed E-state index contributed by atoms with van der Waals surface area (Å²) in [6.45, 7) is 3.37. The van der Waals surface area contributed by atoms with Crippen LogP contribution in [0.3, 0.4) is 0 Å². The van der Waals surface area contributed by atoms with Crippen LogP contribution in [0.4, 0.5) is 18.0 Å². The molecule has 3 N–H and O–H groups in total. The van der Waals surface area contributed by atoms with Crippen LogP contribution >= 0.6 is 0 Å². The van der Waals surface area contributed by atoms with Gasteiger partial charge in [0.05, 0.1) is 12.1 Å². The number of benzene rings is 1. The zero-order chi connectivity index (χ0) is 25.3. The summed E-state index contributed by atoms with van der Waals surface area (Å²) in [5, 5.41) is 7.32. The molecule has 188 valence electrons. The normalized spacial score (nSPS) is 18.9. The second kappa shape index (κ2) is 12.5. The number of hydrogen-bond donors (Lipinski definition) is 3. The van der Waals surface area contributed by atoms with Crippen molar-refractivity contribution in [3.63, 3.8) is 0 Å². The molecule has 0 aliphatic carbocycles. The van der Waals surface area contributed by atoms with E-state index in [-0.39, 0.29) is 18.9 Å². The lowest BCUT2D eigenvalue weighted by Gasteiger charge is -2.26. The fraction of sp³-hybridized carbons (Fsp3) is 0.565. The Morgan fingerprint density at radius 3 is 2.44 bits per heavy atom. The first-order valence-corrected chi connectivity index (χ1v) is 11.1. The Morgan fingerprint density at radius 2 is 1.82 bits per heavy atom. The number of amides is 3. The van der Waals surface area contributed by atoms with Gasteiger partial charge in [-0.25, -0.2) is 4.79 Å². The third-order valence-corrected chi connectivity index (χ3v) is 5.59. The van der Waals surface area contributed by atoms with Crippen LogP contribution in [0.5, 0.6) is 0 Å². The van der Waals surface area contributed by atoms with Crippen LogP contribution in [0.15, 0.2) is 30.3 Å². The molecule has 0 spiro atoms. The Kier molecular flexibility index (Phi) is 10.0. The van der Waals surface area contributed by atoms with Gasteiger partial charge in [-0.05, 0) is 43.2 Å². The van der Waals surface area contributed by atoms with Gasteiger partial charge in [0.2, 0.25) is 11.8 Å². The lowest BCUT2D eigenvalue weighted by molar-refractivity contribution is -0.175. The summed E-state index contributed by atoms with van der Waals surface area (Å²) >= 11 is 0. The average molecular weight is 486 g/mol. The number of Topliss-reactive ketones (excluding diaryl/α,β-unsaturated/α-hetero) is 1. The average Bonchev–Trinajstić information content (AvgIpc) is 3.24. The van der Waals surface area contributed by atoms with Gasteiger partial charge in [0.1, 0.15) is 6.61 Å². The molecule has 11 heteroatoms. The SMILES string of the molecule is CC(C)C(NC(=O)[C@H]1NCC[C@@H]1CCCC(=O)NC(=O)OCc1ccccc1)C(=O)C(F)(F)F. The van der Waals surface area contributed by atoms with E-state index >= 15 is 0 Å². The lowest BCUT2D eigenvalue weighted by atomic mass is 9.92. The second-order valence-electron chi connectivity index (χ2n) is 8.57. The van der Waals surface area contributed by atoms with Crippen LogP contribution in [-0.2, 0) is 25.7 Å². The van der Waals surface area contributed by atoms with Crippen LogP contribution in [0, 0.1) is 11.8 Å². The Morgan fingerprint density at radius 1 is 1.15 bits per heavy atom. The molecule has 0 aromatic heterocycles. The molecule has 3 amide bonds. The van der Waals surface area contributed by atoms with Crippen molar-refractivity contribution in [2.45, 2.75) is 64.4 Å². The number of ether oxygens (including phenoxy) is 1. The van der Waals surface area contributed by atoms with E-state index in [0.29, 0.717) is 25.8 Å². The summed E-state index contributed by atoms with van der Waals surface area (Å²) in [5.74, 6) is -4.13. The summed E-state index contributed by atoms with van der Waals surface area (Å²) in [6.07, 6.45) is -4.48. The van der Waals surface area contributed by atoms with E-state index < -0.39 is 47.9 Å². The first-order valence-electron chi connectivity index (χ1n) is 11.1. The molecule has 3 atom stereocenters. The molecule has 2 rings (SSSR count). The molecule has 1 heterocycles. The molecule has 1 aliphatic rings. The number of nitrogens with one attached hydrogen (secondary N) is 3. The first kappa shape index (κ1) is 27.3. The Labute approximate surface area is 196 Å². The van der Waals surface area contributed by atoms with Crippen molar-refractivity contribution in [1.29, 1.82) is 0 Å². The summed E-state index contributed by atoms with van der Waals surface area (Å²) in [5.41, 5.74) is 0.778. The van der Waals surface area contributed by atoms with Gasteiger partial charge in [0.15, 0.2) is 0 Å². The quantitative estimate of drug-likeness (QED) is 0.470. The molecule has 1 saturated heterocycles. The molecule has 8 nitrogen and oxygen atoms in total. The van der Waals surface area contributed by atoms with Gasteiger partial charge in [0.25, 0.3) is 5.78 Å². The molecule has 1 aromatic carbocycles. The highest BCUT2D eigenvalue weighted by Crippen LogP contribution is 2.24. The number of carbonyl (C=O) groups is 4. The van der Waals surface area contributed by atoms with E-state index in [1.165, 1.54) is 13.8 Å². The number of carbonyl (C=O) groups excluding carboxylic acids is 4. The summed E-state index contributed by atoms with van der Waals surface area (Å²) < 4.78 is 43.5. The van der Waals surface area contributed by atoms with E-state index in [4.69, 9.17) is 4.74 Å². The fourth-order valence-corrected chi connectivity index (χ4v) is 3.79. The largest absolute Gasteiger partial charge is 0.452 e. The minimum Gasteiger partial charge on any atom is -0.444 e. The predicted octanol–water partition coefficient (Wildman–Crippen LogP) is 2.86. The van der Waals surface area contributed by atoms with Crippen LogP contribution in [-0.4, -0.2) is 48.5 Å². The topological polar surface area (TPSA) is 114 Å². The van der Waals surface area contributed by atoms with Crippen molar-refractivity contribution >= 4 is 23.7 Å². The highest BCUT2D eigenvalue weighted by atomic mass is 19.4. The predicted molar refractivity (Wildman–Crippen MR) is 116 cm³/mol. The van der Waals surface area contributed by atoms with Gasteiger partial charge in [0, 0.05) is 6.42 Å². The monoisotopic (exact) mass is 485 g/mol. The second-order valence-corrected chi connectivity index (χ2v) is 8.57. The van der Waals surface area contributed by atoms with Gasteiger partial charge in [-0.15, -0.1) is 0 Å². The van der Waals surface area contributed by atoms with E-state index in [0.717, 1.165) is 5.56 Å². The molecular formula is C23H30F3N3O5. The van der Waals surface area contributed by atoms with Crippen LogP contribution < -0.4 is 16.0 Å². The van der Waals surface area contributed by atoms with Crippen molar-refractivity contribution in [2.75, 3.05) is 6.54 Å². The van der Waals surface area contributed by atoms with Gasteiger partial charge in [-0.3, -0.25) is 19.7 Å². The number of halogens is 3. The Balaban J connectivity index is 1.77. The molecule has 1 aliphatic heterocycles. The Hall–Kier alpha value is -2.95. The number of rotatable bonds is 10. The van der Waals surface area contributed by atoms with Crippen LogP contribution in [0.2, 0.25) is 0 Å². The maximum Gasteiger partial charge on any atom is 0.452 e. The standard InChI is InChI=1S/C23H30F3N3O5/c1-14(2)18(20(31)23(24,25)26)29-21(32)19-16(11-12-27-19)9-6-10-17(30)28-22(33)34-13-15-7-4-3-5-8-15/h3-5,7-8,14,16,18-19,27H,6,9-13H2,1-2H3,(H,29,32)(H,28,30,33)/t16-,18?,19-/m0/s1. The smallest absolute Gasteiger partial charge is 0.444 e. The number of alkyl halides is 3. The third-order valence-electron chi connectivity index (χ3n) is 5.59.